The molecule has 1 aromatic rings. The molecule has 7 heteroatoms. The summed E-state index contributed by atoms with van der Waals surface area (Å²) < 4.78 is 5.10. The molecule has 0 saturated heterocycles. The number of carboxylic acid groups (broad SMARTS) is 1. The first-order valence-electron chi connectivity index (χ1n) is 7.67. The Labute approximate surface area is 138 Å². The molecule has 0 unspecified atom stereocenters. The van der Waals surface area contributed by atoms with Crippen LogP contribution in [-0.2, 0) is 9.59 Å². The van der Waals surface area contributed by atoms with Crippen LogP contribution in [0.1, 0.15) is 16.8 Å². The van der Waals surface area contributed by atoms with Crippen LogP contribution in [0.2, 0.25) is 0 Å². The number of carbonyl (C=O) groups excluding carboxylic acids is 2. The zero-order valence-corrected chi connectivity index (χ0v) is 13.1. The number of methoxy groups -OCH3 is 1. The van der Waals surface area contributed by atoms with E-state index in [-0.39, 0.29) is 17.4 Å². The van der Waals surface area contributed by atoms with E-state index >= 15 is 0 Å². The van der Waals surface area contributed by atoms with Gasteiger partial charge in [0, 0.05) is 0 Å². The predicted molar refractivity (Wildman–Crippen MR) is 84.0 cm³/mol. The molecule has 2 aliphatic carbocycles. The van der Waals surface area contributed by atoms with Gasteiger partial charge in [0.2, 0.25) is 5.91 Å². The van der Waals surface area contributed by atoms with Crippen molar-refractivity contribution in [2.24, 2.45) is 23.7 Å². The number of amides is 2. The summed E-state index contributed by atoms with van der Waals surface area (Å²) in [5.41, 5.74) is 4.97. The minimum atomic E-state index is -0.983. The summed E-state index contributed by atoms with van der Waals surface area (Å²) >= 11 is 0. The first-order valence-corrected chi connectivity index (χ1v) is 7.67. The van der Waals surface area contributed by atoms with E-state index < -0.39 is 29.6 Å². The van der Waals surface area contributed by atoms with Crippen LogP contribution in [0.15, 0.2) is 36.4 Å². The Morgan fingerprint density at radius 1 is 1.08 bits per heavy atom. The first-order chi connectivity index (χ1) is 11.5. The lowest BCUT2D eigenvalue weighted by Crippen LogP contribution is -2.48. The normalized spacial score (nSPS) is 26.9. The fourth-order valence-corrected chi connectivity index (χ4v) is 3.62. The number of hydrogen-bond donors (Lipinski definition) is 3. The largest absolute Gasteiger partial charge is 0.496 e. The van der Waals surface area contributed by atoms with Crippen molar-refractivity contribution < 1.29 is 24.2 Å². The SMILES string of the molecule is COc1ccccc1C(=O)NNC(=O)[C@H]1[C@@H](C(=O)O)[C@H]2C=C[C@H]1C2. The number of nitrogens with one attached hydrogen (secondary N) is 2. The monoisotopic (exact) mass is 330 g/mol. The number of carbonyl (C=O) groups is 3. The number of fused-ring (bicyclic) bond motifs is 2. The number of ether oxygens (including phenoxy) is 1. The molecule has 0 heterocycles. The van der Waals surface area contributed by atoms with Crippen molar-refractivity contribution in [1.82, 2.24) is 10.9 Å². The molecule has 1 aromatic carbocycles. The third-order valence-corrected chi connectivity index (χ3v) is 4.70. The second-order valence-electron chi connectivity index (χ2n) is 5.98. The smallest absolute Gasteiger partial charge is 0.307 e. The molecule has 4 atom stereocenters. The van der Waals surface area contributed by atoms with Gasteiger partial charge < -0.3 is 9.84 Å². The number of hydrazine groups is 1. The van der Waals surface area contributed by atoms with Crippen LogP contribution in [0.5, 0.6) is 5.75 Å². The number of para-hydroxylation sites is 1. The van der Waals surface area contributed by atoms with Crippen molar-refractivity contribution in [3.8, 4) is 5.75 Å². The maximum atomic E-state index is 12.4. The Morgan fingerprint density at radius 3 is 2.42 bits per heavy atom. The minimum absolute atomic E-state index is 0.0979. The summed E-state index contributed by atoms with van der Waals surface area (Å²) in [4.78, 5) is 36.0. The van der Waals surface area contributed by atoms with E-state index in [1.54, 1.807) is 24.3 Å². The summed E-state index contributed by atoms with van der Waals surface area (Å²) in [6.45, 7) is 0. The molecule has 1 saturated carbocycles. The van der Waals surface area contributed by atoms with Crippen molar-refractivity contribution in [3.63, 3.8) is 0 Å². The Hall–Kier alpha value is -2.83. The maximum Gasteiger partial charge on any atom is 0.307 e. The van der Waals surface area contributed by atoms with E-state index in [9.17, 15) is 19.5 Å². The Balaban J connectivity index is 1.66. The van der Waals surface area contributed by atoms with Crippen LogP contribution in [0.3, 0.4) is 0 Å². The molecule has 126 valence electrons. The second kappa shape index (κ2) is 6.35. The quantitative estimate of drug-likeness (QED) is 0.564. The van der Waals surface area contributed by atoms with Gasteiger partial charge in [-0.05, 0) is 30.4 Å². The molecule has 1 fully saturated rings. The van der Waals surface area contributed by atoms with E-state index in [1.807, 2.05) is 12.2 Å². The average Bonchev–Trinajstić information content (AvgIpc) is 3.20. The van der Waals surface area contributed by atoms with Gasteiger partial charge in [0.05, 0.1) is 24.5 Å². The van der Waals surface area contributed by atoms with Crippen molar-refractivity contribution >= 4 is 17.8 Å². The molecule has 0 aliphatic heterocycles. The highest BCUT2D eigenvalue weighted by atomic mass is 16.5. The highest BCUT2D eigenvalue weighted by Crippen LogP contribution is 2.48. The van der Waals surface area contributed by atoms with Crippen LogP contribution in [0.25, 0.3) is 0 Å². The van der Waals surface area contributed by atoms with Gasteiger partial charge in [0.25, 0.3) is 5.91 Å². The number of benzene rings is 1. The average molecular weight is 330 g/mol. The Morgan fingerprint density at radius 2 is 1.75 bits per heavy atom. The number of rotatable bonds is 4. The van der Waals surface area contributed by atoms with E-state index in [0.717, 1.165) is 0 Å². The molecule has 2 amide bonds. The standard InChI is InChI=1S/C17H18N2O5/c1-24-12-5-3-2-4-11(12)15(20)18-19-16(21)13-9-6-7-10(8-9)14(13)17(22)23/h2-7,9-10,13-14H,8H2,1H3,(H,18,20)(H,19,21)(H,22,23)/t9-,10-,13+,14-/m0/s1. The van der Waals surface area contributed by atoms with Gasteiger partial charge in [-0.25, -0.2) is 0 Å². The lowest BCUT2D eigenvalue weighted by molar-refractivity contribution is -0.148. The van der Waals surface area contributed by atoms with Gasteiger partial charge in [-0.3, -0.25) is 25.2 Å². The summed E-state index contributed by atoms with van der Waals surface area (Å²) in [6.07, 6.45) is 4.41. The molecular weight excluding hydrogens is 312 g/mol. The highest BCUT2D eigenvalue weighted by molar-refractivity contribution is 5.98. The van der Waals surface area contributed by atoms with Crippen molar-refractivity contribution in [2.75, 3.05) is 7.11 Å². The third-order valence-electron chi connectivity index (χ3n) is 4.70. The van der Waals surface area contributed by atoms with Gasteiger partial charge in [0.15, 0.2) is 0 Å². The topological polar surface area (TPSA) is 105 Å². The fourth-order valence-electron chi connectivity index (χ4n) is 3.62. The zero-order valence-electron chi connectivity index (χ0n) is 13.1. The molecule has 7 nitrogen and oxygen atoms in total. The number of allylic oxidation sites excluding steroid dienone is 2. The molecule has 2 bridgehead atoms. The first kappa shape index (κ1) is 16.0. The van der Waals surface area contributed by atoms with Gasteiger partial charge >= 0.3 is 5.97 Å². The number of carboxylic acids is 1. The van der Waals surface area contributed by atoms with E-state index in [1.165, 1.54) is 7.11 Å². The molecule has 3 N–H and O–H groups in total. The Bertz CT molecular complexity index is 715. The molecule has 3 rings (SSSR count). The van der Waals surface area contributed by atoms with E-state index in [4.69, 9.17) is 4.74 Å². The van der Waals surface area contributed by atoms with E-state index in [2.05, 4.69) is 10.9 Å². The van der Waals surface area contributed by atoms with Crippen LogP contribution >= 0.6 is 0 Å². The van der Waals surface area contributed by atoms with Gasteiger partial charge in [-0.2, -0.15) is 0 Å². The molecular formula is C17H18N2O5. The van der Waals surface area contributed by atoms with Crippen LogP contribution in [0, 0.1) is 23.7 Å². The predicted octanol–water partition coefficient (Wildman–Crippen LogP) is 0.979. The molecule has 24 heavy (non-hydrogen) atoms. The molecule has 0 radical (unpaired) electrons. The van der Waals surface area contributed by atoms with Crippen molar-refractivity contribution in [1.29, 1.82) is 0 Å². The number of hydrogen-bond acceptors (Lipinski definition) is 4. The zero-order chi connectivity index (χ0) is 17.3. The van der Waals surface area contributed by atoms with Crippen molar-refractivity contribution in [3.05, 3.63) is 42.0 Å². The minimum Gasteiger partial charge on any atom is -0.496 e. The second-order valence-corrected chi connectivity index (χ2v) is 5.98. The summed E-state index contributed by atoms with van der Waals surface area (Å²) in [5.74, 6) is -3.24. The van der Waals surface area contributed by atoms with Crippen LogP contribution in [-0.4, -0.2) is 30.0 Å². The lowest BCUT2D eigenvalue weighted by Gasteiger charge is -2.23. The lowest BCUT2D eigenvalue weighted by atomic mass is 9.82. The summed E-state index contributed by atoms with van der Waals surface area (Å²) in [5, 5.41) is 9.36. The molecule has 0 aromatic heterocycles. The fraction of sp³-hybridized carbons (Fsp3) is 0.353. The van der Waals surface area contributed by atoms with Gasteiger partial charge in [0.1, 0.15) is 5.75 Å². The molecule has 0 spiro atoms. The third kappa shape index (κ3) is 2.73. The number of aliphatic carboxylic acids is 1. The van der Waals surface area contributed by atoms with Gasteiger partial charge in [-0.15, -0.1) is 0 Å². The maximum absolute atomic E-state index is 12.4. The summed E-state index contributed by atoms with van der Waals surface area (Å²) in [6, 6.07) is 6.62. The van der Waals surface area contributed by atoms with E-state index in [0.29, 0.717) is 12.2 Å². The summed E-state index contributed by atoms with van der Waals surface area (Å²) in [7, 11) is 1.45. The van der Waals surface area contributed by atoms with Crippen molar-refractivity contribution in [2.45, 2.75) is 6.42 Å². The highest BCUT2D eigenvalue weighted by Gasteiger charge is 2.51. The van der Waals surface area contributed by atoms with Gasteiger partial charge in [-0.1, -0.05) is 24.3 Å². The Kier molecular flexibility index (Phi) is 4.24. The van der Waals surface area contributed by atoms with Crippen LogP contribution < -0.4 is 15.6 Å². The van der Waals surface area contributed by atoms with Crippen LogP contribution in [0.4, 0.5) is 0 Å². The molecule has 2 aliphatic rings.